The molecule has 1 aliphatic rings. The van der Waals surface area contributed by atoms with E-state index in [9.17, 15) is 9.59 Å². The number of likely N-dealkylation sites (N-methyl/N-ethyl adjacent to an activating group) is 1. The van der Waals surface area contributed by atoms with Gasteiger partial charge in [0.1, 0.15) is 0 Å². The smallest absolute Gasteiger partial charge is 0.405 e. The van der Waals surface area contributed by atoms with Crippen molar-refractivity contribution in [1.82, 2.24) is 10.2 Å². The lowest BCUT2D eigenvalue weighted by Crippen LogP contribution is -2.56. The van der Waals surface area contributed by atoms with Gasteiger partial charge in [-0.25, -0.2) is 4.79 Å². The lowest BCUT2D eigenvalue weighted by molar-refractivity contribution is -0.134. The number of amides is 2. The molecule has 5 heteroatoms. The summed E-state index contributed by atoms with van der Waals surface area (Å²) in [4.78, 5) is 24.1. The molecule has 0 spiro atoms. The van der Waals surface area contributed by atoms with Crippen LogP contribution in [-0.2, 0) is 10.3 Å². The highest BCUT2D eigenvalue weighted by molar-refractivity contribution is 5.78. The highest BCUT2D eigenvalue weighted by Gasteiger charge is 2.40. The van der Waals surface area contributed by atoms with E-state index in [-0.39, 0.29) is 5.91 Å². The Morgan fingerprint density at radius 2 is 2.06 bits per heavy atom. The van der Waals surface area contributed by atoms with E-state index in [0.29, 0.717) is 19.4 Å². The largest absolute Gasteiger partial charge is 0.465 e. The molecule has 2 N–H and O–H groups in total. The second-order valence-electron chi connectivity index (χ2n) is 4.63. The van der Waals surface area contributed by atoms with Crippen molar-refractivity contribution in [2.24, 2.45) is 0 Å². The fraction of sp³-hybridized carbons (Fsp3) is 0.385. The first-order chi connectivity index (χ1) is 8.53. The van der Waals surface area contributed by atoms with Gasteiger partial charge in [-0.05, 0) is 12.0 Å². The Morgan fingerprint density at radius 3 is 2.61 bits per heavy atom. The van der Waals surface area contributed by atoms with Crippen LogP contribution in [0.15, 0.2) is 30.3 Å². The molecule has 0 radical (unpaired) electrons. The van der Waals surface area contributed by atoms with E-state index in [1.54, 1.807) is 11.9 Å². The zero-order valence-corrected chi connectivity index (χ0v) is 10.2. The van der Waals surface area contributed by atoms with Crippen LogP contribution < -0.4 is 5.32 Å². The van der Waals surface area contributed by atoms with Crippen molar-refractivity contribution in [2.45, 2.75) is 18.4 Å². The Morgan fingerprint density at radius 1 is 1.39 bits per heavy atom. The number of carbonyl (C=O) groups excluding carboxylic acids is 1. The summed E-state index contributed by atoms with van der Waals surface area (Å²) in [6, 6.07) is 9.41. The van der Waals surface area contributed by atoms with E-state index >= 15 is 0 Å². The highest BCUT2D eigenvalue weighted by atomic mass is 16.4. The first-order valence-corrected chi connectivity index (χ1v) is 5.84. The van der Waals surface area contributed by atoms with Gasteiger partial charge in [-0.15, -0.1) is 0 Å². The first kappa shape index (κ1) is 12.4. The minimum Gasteiger partial charge on any atom is -0.465 e. The standard InChI is InChI=1S/C13H16N2O3/c1-15-9-13(14-12(17)18,8-7-11(15)16)10-5-3-2-4-6-10/h2-6,14H,7-9H2,1H3,(H,17,18). The number of nitrogens with zero attached hydrogens (tertiary/aromatic N) is 1. The SMILES string of the molecule is CN1CC(NC(=O)O)(c2ccccc2)CCC1=O. The van der Waals surface area contributed by atoms with Gasteiger partial charge >= 0.3 is 6.09 Å². The number of rotatable bonds is 2. The number of likely N-dealkylation sites (tertiary alicyclic amines) is 1. The molecule has 0 aromatic heterocycles. The van der Waals surface area contributed by atoms with Gasteiger partial charge in [0.2, 0.25) is 5.91 Å². The average molecular weight is 248 g/mol. The van der Waals surface area contributed by atoms with Crippen LogP contribution >= 0.6 is 0 Å². The predicted octanol–water partition coefficient (Wildman–Crippen LogP) is 1.40. The molecule has 5 nitrogen and oxygen atoms in total. The van der Waals surface area contributed by atoms with E-state index in [0.717, 1.165) is 5.56 Å². The Balaban J connectivity index is 2.35. The second-order valence-corrected chi connectivity index (χ2v) is 4.63. The quantitative estimate of drug-likeness (QED) is 0.831. The third kappa shape index (κ3) is 2.30. The van der Waals surface area contributed by atoms with Crippen molar-refractivity contribution >= 4 is 12.0 Å². The zero-order valence-electron chi connectivity index (χ0n) is 10.2. The van der Waals surface area contributed by atoms with Crippen LogP contribution in [0.1, 0.15) is 18.4 Å². The normalized spacial score (nSPS) is 23.8. The summed E-state index contributed by atoms with van der Waals surface area (Å²) in [7, 11) is 1.70. The molecule has 1 saturated heterocycles. The van der Waals surface area contributed by atoms with Crippen molar-refractivity contribution in [3.05, 3.63) is 35.9 Å². The fourth-order valence-corrected chi connectivity index (χ4v) is 2.45. The second kappa shape index (κ2) is 4.68. The zero-order chi connectivity index (χ0) is 13.2. The molecule has 0 saturated carbocycles. The molecule has 96 valence electrons. The lowest BCUT2D eigenvalue weighted by atomic mass is 9.82. The van der Waals surface area contributed by atoms with Gasteiger partial charge in [0.25, 0.3) is 0 Å². The van der Waals surface area contributed by atoms with E-state index in [4.69, 9.17) is 5.11 Å². The topological polar surface area (TPSA) is 69.6 Å². The lowest BCUT2D eigenvalue weighted by Gasteiger charge is -2.41. The number of hydrogen-bond donors (Lipinski definition) is 2. The summed E-state index contributed by atoms with van der Waals surface area (Å²) in [5.74, 6) is 0.0498. The minimum absolute atomic E-state index is 0.0498. The molecule has 1 fully saturated rings. The molecule has 1 unspecified atom stereocenters. The third-order valence-electron chi connectivity index (χ3n) is 3.37. The maximum Gasteiger partial charge on any atom is 0.405 e. The van der Waals surface area contributed by atoms with Crippen molar-refractivity contribution in [1.29, 1.82) is 0 Å². The summed E-state index contributed by atoms with van der Waals surface area (Å²) in [5, 5.41) is 11.6. The Kier molecular flexibility index (Phi) is 3.23. The van der Waals surface area contributed by atoms with Crippen molar-refractivity contribution < 1.29 is 14.7 Å². The Bertz CT molecular complexity index is 461. The van der Waals surface area contributed by atoms with Crippen LogP contribution in [0, 0.1) is 0 Å². The maximum atomic E-state index is 11.5. The summed E-state index contributed by atoms with van der Waals surface area (Å²) >= 11 is 0. The third-order valence-corrected chi connectivity index (χ3v) is 3.37. The first-order valence-electron chi connectivity index (χ1n) is 5.84. The molecule has 18 heavy (non-hydrogen) atoms. The molecule has 1 heterocycles. The molecule has 1 aromatic rings. The molecule has 2 rings (SSSR count). The number of piperidine rings is 1. The molecule has 0 bridgehead atoms. The van der Waals surface area contributed by atoms with E-state index in [1.165, 1.54) is 0 Å². The molecular formula is C13H16N2O3. The highest BCUT2D eigenvalue weighted by Crippen LogP contribution is 2.31. The monoisotopic (exact) mass is 248 g/mol. The van der Waals surface area contributed by atoms with Crippen molar-refractivity contribution in [2.75, 3.05) is 13.6 Å². The molecular weight excluding hydrogens is 232 g/mol. The number of hydrogen-bond acceptors (Lipinski definition) is 2. The van der Waals surface area contributed by atoms with E-state index in [1.807, 2.05) is 30.3 Å². The van der Waals surface area contributed by atoms with Crippen LogP contribution in [0.2, 0.25) is 0 Å². The predicted molar refractivity (Wildman–Crippen MR) is 66.2 cm³/mol. The van der Waals surface area contributed by atoms with Gasteiger partial charge in [0.05, 0.1) is 5.54 Å². The molecule has 1 aromatic carbocycles. The van der Waals surface area contributed by atoms with Crippen LogP contribution in [0.4, 0.5) is 4.79 Å². The van der Waals surface area contributed by atoms with Gasteiger partial charge in [-0.2, -0.15) is 0 Å². The van der Waals surface area contributed by atoms with Crippen LogP contribution in [0.3, 0.4) is 0 Å². The van der Waals surface area contributed by atoms with Crippen molar-refractivity contribution in [3.63, 3.8) is 0 Å². The van der Waals surface area contributed by atoms with Gasteiger partial charge in [0, 0.05) is 20.0 Å². The number of benzene rings is 1. The fourth-order valence-electron chi connectivity index (χ4n) is 2.45. The van der Waals surface area contributed by atoms with E-state index < -0.39 is 11.6 Å². The van der Waals surface area contributed by atoms with Gasteiger partial charge in [-0.1, -0.05) is 30.3 Å². The Hall–Kier alpha value is -2.04. The van der Waals surface area contributed by atoms with Crippen LogP contribution in [0.25, 0.3) is 0 Å². The summed E-state index contributed by atoms with van der Waals surface area (Å²) in [6.45, 7) is 0.363. The summed E-state index contributed by atoms with van der Waals surface area (Å²) < 4.78 is 0. The Labute approximate surface area is 105 Å². The van der Waals surface area contributed by atoms with Crippen LogP contribution in [0.5, 0.6) is 0 Å². The van der Waals surface area contributed by atoms with Gasteiger partial charge in [-0.3, -0.25) is 4.79 Å². The average Bonchev–Trinajstić information content (AvgIpc) is 2.34. The number of carboxylic acid groups (broad SMARTS) is 1. The number of nitrogens with one attached hydrogen (secondary N) is 1. The maximum absolute atomic E-state index is 11.5. The number of carbonyl (C=O) groups is 2. The van der Waals surface area contributed by atoms with Crippen LogP contribution in [-0.4, -0.2) is 35.6 Å². The summed E-state index contributed by atoms with van der Waals surface area (Å²) in [6.07, 6.45) is -0.223. The molecule has 1 atom stereocenters. The summed E-state index contributed by atoms with van der Waals surface area (Å²) in [5.41, 5.74) is 0.196. The minimum atomic E-state index is -1.07. The van der Waals surface area contributed by atoms with Gasteiger partial charge < -0.3 is 15.3 Å². The molecule has 0 aliphatic carbocycles. The van der Waals surface area contributed by atoms with E-state index in [2.05, 4.69) is 5.32 Å². The molecule has 1 aliphatic heterocycles. The van der Waals surface area contributed by atoms with Gasteiger partial charge in [0.15, 0.2) is 0 Å². The molecule has 2 amide bonds. The van der Waals surface area contributed by atoms with Crippen molar-refractivity contribution in [3.8, 4) is 0 Å².